The van der Waals surface area contributed by atoms with Crippen LogP contribution in [0.5, 0.6) is 0 Å². The molecule has 0 unspecified atom stereocenters. The lowest BCUT2D eigenvalue weighted by molar-refractivity contribution is 0.126. The Morgan fingerprint density at radius 3 is 2.47 bits per heavy atom. The fourth-order valence-corrected chi connectivity index (χ4v) is 4.21. The Balaban J connectivity index is 1.34. The van der Waals surface area contributed by atoms with Gasteiger partial charge in [0.15, 0.2) is 0 Å². The summed E-state index contributed by atoms with van der Waals surface area (Å²) in [7, 11) is 0. The molecule has 180 valence electrons. The van der Waals surface area contributed by atoms with Gasteiger partial charge >= 0.3 is 0 Å². The maximum atomic E-state index is 9.87. The van der Waals surface area contributed by atoms with Crippen molar-refractivity contribution < 1.29 is 5.11 Å². The molecule has 3 aromatic heterocycles. The minimum absolute atomic E-state index is 0.213. The first-order chi connectivity index (χ1) is 17.6. The second-order valence-electron chi connectivity index (χ2n) is 8.63. The van der Waals surface area contributed by atoms with E-state index in [0.29, 0.717) is 16.7 Å². The standard InChI is InChI=1S/C28H25ClN6O/c29-20-14-16-30-23(17-20)9-6-19-4-7-22(8-5-19)34-28-32-18-25(26-3-1-2-15-31-26)27(35-28)33-21-10-12-24(36)13-11-21/h1-5,7-8,14-18,21,24,36H,10-13H2,(H2,32,33,34,35). The van der Waals surface area contributed by atoms with E-state index in [1.807, 2.05) is 42.5 Å². The summed E-state index contributed by atoms with van der Waals surface area (Å²) in [5.41, 5.74) is 3.97. The Bertz CT molecular complexity index is 1380. The van der Waals surface area contributed by atoms with Crippen LogP contribution in [0, 0.1) is 11.8 Å². The molecule has 0 radical (unpaired) electrons. The van der Waals surface area contributed by atoms with Crippen LogP contribution in [-0.4, -0.2) is 37.2 Å². The highest BCUT2D eigenvalue weighted by Crippen LogP contribution is 2.29. The summed E-state index contributed by atoms with van der Waals surface area (Å²) in [6.45, 7) is 0. The minimum Gasteiger partial charge on any atom is -0.393 e. The fraction of sp³-hybridized carbons (Fsp3) is 0.214. The molecule has 0 amide bonds. The number of nitrogens with zero attached hydrogens (tertiary/aromatic N) is 4. The highest BCUT2D eigenvalue weighted by Gasteiger charge is 2.21. The van der Waals surface area contributed by atoms with Crippen molar-refractivity contribution in [1.29, 1.82) is 0 Å². The summed E-state index contributed by atoms with van der Waals surface area (Å²) < 4.78 is 0. The summed E-state index contributed by atoms with van der Waals surface area (Å²) in [6.07, 6.45) is 8.33. The summed E-state index contributed by atoms with van der Waals surface area (Å²) in [5.74, 6) is 7.33. The number of anilines is 3. The van der Waals surface area contributed by atoms with E-state index in [1.54, 1.807) is 30.7 Å². The lowest BCUT2D eigenvalue weighted by atomic mass is 9.93. The Morgan fingerprint density at radius 2 is 1.72 bits per heavy atom. The first-order valence-corrected chi connectivity index (χ1v) is 12.2. The van der Waals surface area contributed by atoms with Crippen molar-refractivity contribution in [3.8, 4) is 23.1 Å². The molecule has 3 heterocycles. The van der Waals surface area contributed by atoms with Crippen LogP contribution >= 0.6 is 11.6 Å². The molecular weight excluding hydrogens is 472 g/mol. The first-order valence-electron chi connectivity index (χ1n) is 11.9. The summed E-state index contributed by atoms with van der Waals surface area (Å²) >= 11 is 5.99. The molecule has 1 saturated carbocycles. The van der Waals surface area contributed by atoms with Crippen LogP contribution in [0.2, 0.25) is 5.02 Å². The van der Waals surface area contributed by atoms with Crippen LogP contribution in [0.1, 0.15) is 36.9 Å². The quantitative estimate of drug-likeness (QED) is 0.316. The largest absolute Gasteiger partial charge is 0.393 e. The van der Waals surface area contributed by atoms with Gasteiger partial charge in [-0.25, -0.2) is 9.97 Å². The van der Waals surface area contributed by atoms with Crippen molar-refractivity contribution in [3.05, 3.63) is 89.5 Å². The van der Waals surface area contributed by atoms with E-state index in [4.69, 9.17) is 16.6 Å². The van der Waals surface area contributed by atoms with Crippen molar-refractivity contribution in [3.63, 3.8) is 0 Å². The number of aliphatic hydroxyl groups is 1. The topological polar surface area (TPSA) is 95.8 Å². The number of aliphatic hydroxyl groups excluding tert-OH is 1. The second kappa shape index (κ2) is 11.2. The monoisotopic (exact) mass is 496 g/mol. The molecule has 0 saturated heterocycles. The van der Waals surface area contributed by atoms with Crippen LogP contribution in [0.3, 0.4) is 0 Å². The fourth-order valence-electron chi connectivity index (χ4n) is 4.05. The van der Waals surface area contributed by atoms with Crippen LogP contribution in [-0.2, 0) is 0 Å². The molecule has 1 aliphatic carbocycles. The summed E-state index contributed by atoms with van der Waals surface area (Å²) in [6, 6.07) is 17.2. The van der Waals surface area contributed by atoms with Gasteiger partial charge in [0.2, 0.25) is 5.95 Å². The minimum atomic E-state index is -0.213. The lowest BCUT2D eigenvalue weighted by Crippen LogP contribution is -2.29. The molecule has 3 N–H and O–H groups in total. The Hall–Kier alpha value is -3.99. The molecule has 0 aliphatic heterocycles. The maximum absolute atomic E-state index is 9.87. The highest BCUT2D eigenvalue weighted by molar-refractivity contribution is 6.30. The number of rotatable bonds is 5. The van der Waals surface area contributed by atoms with Gasteiger partial charge in [0, 0.05) is 40.9 Å². The summed E-state index contributed by atoms with van der Waals surface area (Å²) in [4.78, 5) is 18.0. The average Bonchev–Trinajstić information content (AvgIpc) is 2.90. The SMILES string of the molecule is OC1CCC(Nc2nc(Nc3ccc(C#Cc4cc(Cl)ccn4)cc3)ncc2-c2ccccn2)CC1. The number of hydrogen-bond donors (Lipinski definition) is 3. The average molecular weight is 497 g/mol. The molecule has 8 heteroatoms. The van der Waals surface area contributed by atoms with Gasteiger partial charge in [0.1, 0.15) is 11.5 Å². The predicted octanol–water partition coefficient (Wildman–Crippen LogP) is 5.45. The molecule has 7 nitrogen and oxygen atoms in total. The highest BCUT2D eigenvalue weighted by atomic mass is 35.5. The predicted molar refractivity (Wildman–Crippen MR) is 142 cm³/mol. The van der Waals surface area contributed by atoms with Gasteiger partial charge in [-0.3, -0.25) is 4.98 Å². The third-order valence-corrected chi connectivity index (χ3v) is 6.20. The molecule has 0 bridgehead atoms. The van der Waals surface area contributed by atoms with Crippen LogP contribution in [0.25, 0.3) is 11.3 Å². The van der Waals surface area contributed by atoms with Crippen molar-refractivity contribution in [2.75, 3.05) is 10.6 Å². The van der Waals surface area contributed by atoms with E-state index >= 15 is 0 Å². The van der Waals surface area contributed by atoms with Crippen LogP contribution in [0.15, 0.2) is 73.2 Å². The van der Waals surface area contributed by atoms with Crippen molar-refractivity contribution in [2.45, 2.75) is 37.8 Å². The van der Waals surface area contributed by atoms with E-state index < -0.39 is 0 Å². The molecular formula is C28H25ClN6O. The molecule has 0 atom stereocenters. The van der Waals surface area contributed by atoms with E-state index in [-0.39, 0.29) is 12.1 Å². The van der Waals surface area contributed by atoms with E-state index in [0.717, 1.165) is 54.0 Å². The van der Waals surface area contributed by atoms with Crippen molar-refractivity contribution in [1.82, 2.24) is 19.9 Å². The van der Waals surface area contributed by atoms with Gasteiger partial charge in [0.05, 0.1) is 17.4 Å². The van der Waals surface area contributed by atoms with E-state index in [1.165, 1.54) is 0 Å². The zero-order valence-corrected chi connectivity index (χ0v) is 20.3. The van der Waals surface area contributed by atoms with Crippen LogP contribution in [0.4, 0.5) is 17.5 Å². The maximum Gasteiger partial charge on any atom is 0.229 e. The Morgan fingerprint density at radius 1 is 0.889 bits per heavy atom. The zero-order chi connectivity index (χ0) is 24.7. The molecule has 5 rings (SSSR count). The second-order valence-corrected chi connectivity index (χ2v) is 9.07. The lowest BCUT2D eigenvalue weighted by Gasteiger charge is -2.27. The molecule has 1 aromatic carbocycles. The van der Waals surface area contributed by atoms with Gasteiger partial charge in [0.25, 0.3) is 0 Å². The van der Waals surface area contributed by atoms with Gasteiger partial charge < -0.3 is 15.7 Å². The number of aromatic nitrogens is 4. The zero-order valence-electron chi connectivity index (χ0n) is 19.5. The van der Waals surface area contributed by atoms with E-state index in [2.05, 4.69) is 37.4 Å². The Kier molecular flexibility index (Phi) is 7.36. The molecule has 36 heavy (non-hydrogen) atoms. The normalized spacial score (nSPS) is 17.1. The number of hydrogen-bond acceptors (Lipinski definition) is 7. The number of benzene rings is 1. The van der Waals surface area contributed by atoms with Gasteiger partial charge in [-0.1, -0.05) is 23.6 Å². The smallest absolute Gasteiger partial charge is 0.229 e. The summed E-state index contributed by atoms with van der Waals surface area (Å²) in [5, 5.41) is 17.3. The van der Waals surface area contributed by atoms with Gasteiger partial charge in [-0.05, 0) is 80.1 Å². The van der Waals surface area contributed by atoms with Crippen LogP contribution < -0.4 is 10.6 Å². The number of halogens is 1. The Labute approximate surface area is 215 Å². The number of nitrogens with one attached hydrogen (secondary N) is 2. The molecule has 4 aromatic rings. The molecule has 1 fully saturated rings. The van der Waals surface area contributed by atoms with Gasteiger partial charge in [-0.15, -0.1) is 0 Å². The first kappa shape index (κ1) is 23.7. The van der Waals surface area contributed by atoms with Crippen molar-refractivity contribution >= 4 is 29.1 Å². The number of pyridine rings is 2. The van der Waals surface area contributed by atoms with E-state index in [9.17, 15) is 5.11 Å². The van der Waals surface area contributed by atoms with Gasteiger partial charge in [-0.2, -0.15) is 4.98 Å². The molecule has 1 aliphatic rings. The van der Waals surface area contributed by atoms with Crippen molar-refractivity contribution in [2.24, 2.45) is 0 Å². The third-order valence-electron chi connectivity index (χ3n) is 5.97. The third kappa shape index (κ3) is 6.16. The molecule has 0 spiro atoms.